The number of methoxy groups -OCH3 is 2. The summed E-state index contributed by atoms with van der Waals surface area (Å²) in [6, 6.07) is 16.6. The summed E-state index contributed by atoms with van der Waals surface area (Å²) in [5, 5.41) is 14.1. The van der Waals surface area contributed by atoms with E-state index in [1.165, 1.54) is 19.8 Å². The van der Waals surface area contributed by atoms with Gasteiger partial charge in [-0.05, 0) is 36.8 Å². The highest BCUT2D eigenvalue weighted by Gasteiger charge is 2.11. The molecule has 7 heteroatoms. The topological polar surface area (TPSA) is 85.4 Å². The van der Waals surface area contributed by atoms with Gasteiger partial charge in [0.25, 0.3) is 5.91 Å². The van der Waals surface area contributed by atoms with Crippen LogP contribution in [0.1, 0.15) is 21.5 Å². The second kappa shape index (κ2) is 8.85. The minimum absolute atomic E-state index is 0.327. The monoisotopic (exact) mass is 378 g/mol. The number of nitrogens with one attached hydrogen (secondary N) is 2. The molecule has 3 rings (SSSR count). The Hall–Kier alpha value is -3.61. The summed E-state index contributed by atoms with van der Waals surface area (Å²) < 4.78 is 10.4. The van der Waals surface area contributed by atoms with E-state index in [4.69, 9.17) is 9.47 Å². The van der Waals surface area contributed by atoms with Crippen molar-refractivity contribution < 1.29 is 14.3 Å². The fourth-order valence-corrected chi connectivity index (χ4v) is 2.63. The maximum atomic E-state index is 12.5. The Morgan fingerprint density at radius 2 is 1.61 bits per heavy atom. The number of hydrogen-bond acceptors (Lipinski definition) is 6. The van der Waals surface area contributed by atoms with Crippen LogP contribution in [0.4, 0.5) is 11.6 Å². The van der Waals surface area contributed by atoms with Crippen LogP contribution in [-0.4, -0.2) is 30.3 Å². The van der Waals surface area contributed by atoms with E-state index < -0.39 is 0 Å². The van der Waals surface area contributed by atoms with Crippen molar-refractivity contribution in [3.8, 4) is 11.5 Å². The lowest BCUT2D eigenvalue weighted by Crippen LogP contribution is -2.14. The quantitative estimate of drug-likeness (QED) is 0.653. The van der Waals surface area contributed by atoms with E-state index in [0.717, 1.165) is 5.56 Å². The lowest BCUT2D eigenvalue weighted by atomic mass is 10.1. The molecule has 1 heterocycles. The molecule has 0 atom stereocenters. The minimum Gasteiger partial charge on any atom is -0.497 e. The van der Waals surface area contributed by atoms with Crippen molar-refractivity contribution in [2.24, 2.45) is 0 Å². The number of hydrogen-bond donors (Lipinski definition) is 2. The SMILES string of the molecule is COc1cc(OC)cc(C(=O)Nc2ccc(NCc3cccc(C)c3)nn2)c1. The Labute approximate surface area is 163 Å². The first kappa shape index (κ1) is 19.2. The molecule has 144 valence electrons. The molecule has 0 aliphatic rings. The van der Waals surface area contributed by atoms with E-state index in [2.05, 4.69) is 39.9 Å². The maximum absolute atomic E-state index is 12.5. The molecule has 0 bridgehead atoms. The molecule has 0 aliphatic carbocycles. The summed E-state index contributed by atoms with van der Waals surface area (Å²) in [6.07, 6.45) is 0. The van der Waals surface area contributed by atoms with Crippen molar-refractivity contribution in [3.05, 3.63) is 71.3 Å². The van der Waals surface area contributed by atoms with Crippen LogP contribution in [0.5, 0.6) is 11.5 Å². The van der Waals surface area contributed by atoms with Crippen molar-refractivity contribution in [3.63, 3.8) is 0 Å². The molecule has 3 aromatic rings. The molecule has 1 amide bonds. The molecule has 0 fully saturated rings. The number of nitrogens with zero attached hydrogens (tertiary/aromatic N) is 2. The maximum Gasteiger partial charge on any atom is 0.257 e. The highest BCUT2D eigenvalue weighted by Crippen LogP contribution is 2.23. The van der Waals surface area contributed by atoms with E-state index in [-0.39, 0.29) is 5.91 Å². The van der Waals surface area contributed by atoms with Gasteiger partial charge < -0.3 is 20.1 Å². The van der Waals surface area contributed by atoms with Gasteiger partial charge in [-0.25, -0.2) is 0 Å². The largest absolute Gasteiger partial charge is 0.497 e. The summed E-state index contributed by atoms with van der Waals surface area (Å²) in [6.45, 7) is 2.70. The minimum atomic E-state index is -0.327. The number of rotatable bonds is 7. The fraction of sp³-hybridized carbons (Fsp3) is 0.190. The molecule has 0 saturated heterocycles. The van der Waals surface area contributed by atoms with Crippen molar-refractivity contribution >= 4 is 17.5 Å². The molecule has 0 aliphatic heterocycles. The number of carbonyl (C=O) groups excluding carboxylic acids is 1. The van der Waals surface area contributed by atoms with Gasteiger partial charge in [0, 0.05) is 18.2 Å². The number of aryl methyl sites for hydroxylation is 1. The van der Waals surface area contributed by atoms with Crippen LogP contribution in [0, 0.1) is 6.92 Å². The van der Waals surface area contributed by atoms with Gasteiger partial charge in [-0.15, -0.1) is 10.2 Å². The third-order valence-corrected chi connectivity index (χ3v) is 4.08. The number of benzene rings is 2. The first-order valence-electron chi connectivity index (χ1n) is 8.75. The fourth-order valence-electron chi connectivity index (χ4n) is 2.63. The third-order valence-electron chi connectivity index (χ3n) is 4.08. The zero-order valence-corrected chi connectivity index (χ0v) is 16.0. The summed E-state index contributed by atoms with van der Waals surface area (Å²) in [5.74, 6) is 1.72. The second-order valence-corrected chi connectivity index (χ2v) is 6.20. The van der Waals surface area contributed by atoms with Gasteiger partial charge in [0.2, 0.25) is 0 Å². The Balaban J connectivity index is 1.63. The smallest absolute Gasteiger partial charge is 0.257 e. The third kappa shape index (κ3) is 4.97. The average molecular weight is 378 g/mol. The predicted molar refractivity (Wildman–Crippen MR) is 108 cm³/mol. The van der Waals surface area contributed by atoms with Crippen LogP contribution in [-0.2, 0) is 6.54 Å². The van der Waals surface area contributed by atoms with Gasteiger partial charge in [-0.2, -0.15) is 0 Å². The lowest BCUT2D eigenvalue weighted by molar-refractivity contribution is 0.102. The number of amides is 1. The van der Waals surface area contributed by atoms with Gasteiger partial charge >= 0.3 is 0 Å². The predicted octanol–water partition coefficient (Wildman–Crippen LogP) is 3.67. The van der Waals surface area contributed by atoms with Gasteiger partial charge in [0.1, 0.15) is 17.3 Å². The first-order valence-corrected chi connectivity index (χ1v) is 8.75. The van der Waals surface area contributed by atoms with Crippen LogP contribution in [0.25, 0.3) is 0 Å². The first-order chi connectivity index (χ1) is 13.6. The molecule has 2 aromatic carbocycles. The highest BCUT2D eigenvalue weighted by molar-refractivity contribution is 6.04. The summed E-state index contributed by atoms with van der Waals surface area (Å²) >= 11 is 0. The normalized spacial score (nSPS) is 10.2. The van der Waals surface area contributed by atoms with E-state index in [0.29, 0.717) is 35.2 Å². The summed E-state index contributed by atoms with van der Waals surface area (Å²) in [5.41, 5.74) is 2.77. The molecule has 7 nitrogen and oxygen atoms in total. The van der Waals surface area contributed by atoms with E-state index in [1.54, 1.807) is 30.3 Å². The summed E-state index contributed by atoms with van der Waals surface area (Å²) in [7, 11) is 3.06. The lowest BCUT2D eigenvalue weighted by Gasteiger charge is -2.09. The standard InChI is InChI=1S/C21H22N4O3/c1-14-5-4-6-15(9-14)13-22-19-7-8-20(25-24-19)23-21(26)16-10-17(27-2)12-18(11-16)28-3/h4-12H,13H2,1-3H3,(H,22,24)(H,23,25,26). The molecule has 0 spiro atoms. The molecular weight excluding hydrogens is 356 g/mol. The number of ether oxygens (including phenoxy) is 2. The summed E-state index contributed by atoms with van der Waals surface area (Å²) in [4.78, 5) is 12.5. The molecule has 0 saturated carbocycles. The molecule has 1 aromatic heterocycles. The van der Waals surface area contributed by atoms with Crippen molar-refractivity contribution in [2.45, 2.75) is 13.5 Å². The van der Waals surface area contributed by atoms with E-state index in [9.17, 15) is 4.79 Å². The van der Waals surface area contributed by atoms with E-state index >= 15 is 0 Å². The van der Waals surface area contributed by atoms with Crippen molar-refractivity contribution in [1.29, 1.82) is 0 Å². The van der Waals surface area contributed by atoms with E-state index in [1.807, 2.05) is 12.1 Å². The van der Waals surface area contributed by atoms with Crippen LogP contribution in [0.3, 0.4) is 0 Å². The van der Waals surface area contributed by atoms with Crippen LogP contribution in [0.2, 0.25) is 0 Å². The van der Waals surface area contributed by atoms with Crippen molar-refractivity contribution in [2.75, 3.05) is 24.9 Å². The molecule has 0 radical (unpaired) electrons. The number of anilines is 2. The van der Waals surface area contributed by atoms with Crippen molar-refractivity contribution in [1.82, 2.24) is 10.2 Å². The Morgan fingerprint density at radius 1 is 0.929 bits per heavy atom. The Morgan fingerprint density at radius 3 is 2.21 bits per heavy atom. The van der Waals surface area contributed by atoms with Gasteiger partial charge in [-0.1, -0.05) is 29.8 Å². The molecule has 28 heavy (non-hydrogen) atoms. The average Bonchev–Trinajstić information content (AvgIpc) is 2.72. The van der Waals surface area contributed by atoms with Gasteiger partial charge in [0.15, 0.2) is 5.82 Å². The number of carbonyl (C=O) groups is 1. The molecular formula is C21H22N4O3. The molecule has 2 N–H and O–H groups in total. The number of aromatic nitrogens is 2. The van der Waals surface area contributed by atoms with Gasteiger partial charge in [0.05, 0.1) is 14.2 Å². The zero-order valence-electron chi connectivity index (χ0n) is 16.0. The Bertz CT molecular complexity index is 936. The second-order valence-electron chi connectivity index (χ2n) is 6.20. The van der Waals surface area contributed by atoms with Gasteiger partial charge in [-0.3, -0.25) is 4.79 Å². The van der Waals surface area contributed by atoms with Crippen LogP contribution in [0.15, 0.2) is 54.6 Å². The zero-order chi connectivity index (χ0) is 19.9. The highest BCUT2D eigenvalue weighted by atomic mass is 16.5. The van der Waals surface area contributed by atoms with Crippen LogP contribution >= 0.6 is 0 Å². The molecule has 0 unspecified atom stereocenters. The van der Waals surface area contributed by atoms with Crippen LogP contribution < -0.4 is 20.1 Å². The Kier molecular flexibility index (Phi) is 6.06.